The highest BCUT2D eigenvalue weighted by atomic mass is 16.5. The normalized spacial score (nSPS) is 24.4. The Morgan fingerprint density at radius 1 is 1.23 bits per heavy atom. The summed E-state index contributed by atoms with van der Waals surface area (Å²) in [6, 6.07) is 7.28. The van der Waals surface area contributed by atoms with Gasteiger partial charge in [-0.3, -0.25) is 0 Å². The van der Waals surface area contributed by atoms with Gasteiger partial charge in [0, 0.05) is 12.1 Å². The number of rotatable bonds is 4. The van der Waals surface area contributed by atoms with Gasteiger partial charge < -0.3 is 15.2 Å². The van der Waals surface area contributed by atoms with E-state index in [0.717, 1.165) is 31.2 Å². The number of ether oxygens (including phenoxy) is 1. The number of carbonyl (C=O) groups excluding carboxylic acids is 1. The highest BCUT2D eigenvalue weighted by Crippen LogP contribution is 2.34. The summed E-state index contributed by atoms with van der Waals surface area (Å²) < 4.78 is 5.38. The van der Waals surface area contributed by atoms with Crippen LogP contribution in [0.5, 0.6) is 0 Å². The summed E-state index contributed by atoms with van der Waals surface area (Å²) in [6.07, 6.45) is 5.80. The maximum atomic E-state index is 12.5. The number of hydrogen-bond donors (Lipinski definition) is 2. The Balaban J connectivity index is 1.69. The lowest BCUT2D eigenvalue weighted by atomic mass is 9.90. The average molecular weight is 303 g/mol. The number of aliphatic carboxylic acids is 1. The zero-order chi connectivity index (χ0) is 15.6. The van der Waals surface area contributed by atoms with Gasteiger partial charge in [-0.1, -0.05) is 37.5 Å². The van der Waals surface area contributed by atoms with Gasteiger partial charge in [0.2, 0.25) is 5.54 Å². The monoisotopic (exact) mass is 303 g/mol. The molecule has 5 heteroatoms. The van der Waals surface area contributed by atoms with Crippen LogP contribution in [0, 0.1) is 5.92 Å². The average Bonchev–Trinajstić information content (AvgIpc) is 2.94. The van der Waals surface area contributed by atoms with E-state index in [2.05, 4.69) is 5.32 Å². The second kappa shape index (κ2) is 5.99. The summed E-state index contributed by atoms with van der Waals surface area (Å²) in [5.74, 6) is -1.49. The first-order chi connectivity index (χ1) is 10.6. The maximum Gasteiger partial charge on any atom is 0.343 e. The number of nitrogens with one attached hydrogen (secondary N) is 1. The standard InChI is InChI=1S/C17H21NO4/c19-15(20)17(10-13-8-4-5-9-14(13)18-17)16(21)22-11-12-6-2-1-3-7-12/h4-5,8-9,12,18H,1-3,6-7,10-11H2,(H,19,20)/t17-/m1/s1. The van der Waals surface area contributed by atoms with Crippen molar-refractivity contribution in [1.82, 2.24) is 0 Å². The van der Waals surface area contributed by atoms with Crippen LogP contribution in [0.1, 0.15) is 37.7 Å². The first-order valence-electron chi connectivity index (χ1n) is 7.88. The lowest BCUT2D eigenvalue weighted by molar-refractivity contribution is -0.160. The molecule has 2 N–H and O–H groups in total. The van der Waals surface area contributed by atoms with Crippen LogP contribution in [-0.2, 0) is 20.7 Å². The van der Waals surface area contributed by atoms with Crippen molar-refractivity contribution in [2.24, 2.45) is 5.92 Å². The molecule has 1 aromatic carbocycles. The minimum absolute atomic E-state index is 0.127. The first-order valence-corrected chi connectivity index (χ1v) is 7.88. The van der Waals surface area contributed by atoms with E-state index >= 15 is 0 Å². The Kier molecular flexibility index (Phi) is 4.05. The first kappa shape index (κ1) is 14.9. The number of carboxylic acids is 1. The largest absolute Gasteiger partial charge is 0.479 e. The quantitative estimate of drug-likeness (QED) is 0.660. The summed E-state index contributed by atoms with van der Waals surface area (Å²) in [5, 5.41) is 12.4. The van der Waals surface area contributed by atoms with Crippen molar-refractivity contribution in [2.75, 3.05) is 11.9 Å². The van der Waals surface area contributed by atoms with Crippen LogP contribution in [0.2, 0.25) is 0 Å². The molecular weight excluding hydrogens is 282 g/mol. The zero-order valence-corrected chi connectivity index (χ0v) is 12.5. The van der Waals surface area contributed by atoms with E-state index in [9.17, 15) is 14.7 Å². The van der Waals surface area contributed by atoms with Crippen molar-refractivity contribution in [3.8, 4) is 0 Å². The van der Waals surface area contributed by atoms with Crippen molar-refractivity contribution in [1.29, 1.82) is 0 Å². The third-order valence-corrected chi connectivity index (χ3v) is 4.71. The molecule has 1 atom stereocenters. The molecular formula is C17H21NO4. The molecule has 0 unspecified atom stereocenters. The maximum absolute atomic E-state index is 12.5. The summed E-state index contributed by atoms with van der Waals surface area (Å²) in [7, 11) is 0. The van der Waals surface area contributed by atoms with E-state index in [4.69, 9.17) is 4.74 Å². The number of carboxylic acid groups (broad SMARTS) is 1. The van der Waals surface area contributed by atoms with E-state index in [-0.39, 0.29) is 6.42 Å². The van der Waals surface area contributed by atoms with Crippen molar-refractivity contribution in [3.63, 3.8) is 0 Å². The molecule has 1 aliphatic heterocycles. The van der Waals surface area contributed by atoms with Gasteiger partial charge in [-0.15, -0.1) is 0 Å². The van der Waals surface area contributed by atoms with Crippen LogP contribution < -0.4 is 5.32 Å². The zero-order valence-electron chi connectivity index (χ0n) is 12.5. The molecule has 1 aliphatic carbocycles. The van der Waals surface area contributed by atoms with Crippen LogP contribution >= 0.6 is 0 Å². The van der Waals surface area contributed by atoms with Crippen LogP contribution in [0.3, 0.4) is 0 Å². The highest BCUT2D eigenvalue weighted by Gasteiger charge is 2.52. The van der Waals surface area contributed by atoms with Gasteiger partial charge in [-0.05, 0) is 30.4 Å². The van der Waals surface area contributed by atoms with Gasteiger partial charge in [0.1, 0.15) is 0 Å². The molecule has 1 saturated carbocycles. The number of benzene rings is 1. The topological polar surface area (TPSA) is 75.6 Å². The molecule has 0 spiro atoms. The molecule has 3 rings (SSSR count). The van der Waals surface area contributed by atoms with Crippen molar-refractivity contribution in [2.45, 2.75) is 44.1 Å². The van der Waals surface area contributed by atoms with Gasteiger partial charge in [0.15, 0.2) is 0 Å². The van der Waals surface area contributed by atoms with Crippen molar-refractivity contribution >= 4 is 17.6 Å². The van der Waals surface area contributed by atoms with Crippen LogP contribution in [-0.4, -0.2) is 29.2 Å². The fourth-order valence-electron chi connectivity index (χ4n) is 3.37. The van der Waals surface area contributed by atoms with E-state index in [1.165, 1.54) is 6.42 Å². The van der Waals surface area contributed by atoms with Crippen molar-refractivity contribution < 1.29 is 19.4 Å². The van der Waals surface area contributed by atoms with E-state index in [1.807, 2.05) is 18.2 Å². The van der Waals surface area contributed by atoms with E-state index < -0.39 is 17.5 Å². The molecule has 0 saturated heterocycles. The Bertz CT molecular complexity index is 553. The third-order valence-electron chi connectivity index (χ3n) is 4.71. The van der Waals surface area contributed by atoms with Gasteiger partial charge in [0.25, 0.3) is 0 Å². The smallest absolute Gasteiger partial charge is 0.343 e. The molecule has 0 radical (unpaired) electrons. The Morgan fingerprint density at radius 3 is 2.64 bits per heavy atom. The number of carbonyl (C=O) groups is 2. The fraction of sp³-hybridized carbons (Fsp3) is 0.529. The van der Waals surface area contributed by atoms with Crippen LogP contribution in [0.15, 0.2) is 24.3 Å². The number of para-hydroxylation sites is 1. The van der Waals surface area contributed by atoms with E-state index in [1.54, 1.807) is 6.07 Å². The molecule has 1 fully saturated rings. The lowest BCUT2D eigenvalue weighted by Gasteiger charge is -2.26. The van der Waals surface area contributed by atoms with Gasteiger partial charge in [0.05, 0.1) is 6.61 Å². The number of hydrogen-bond acceptors (Lipinski definition) is 4. The predicted octanol–water partition coefficient (Wildman–Crippen LogP) is 2.60. The Hall–Kier alpha value is -2.04. The minimum Gasteiger partial charge on any atom is -0.479 e. The van der Waals surface area contributed by atoms with Gasteiger partial charge >= 0.3 is 11.9 Å². The van der Waals surface area contributed by atoms with Gasteiger partial charge in [-0.25, -0.2) is 9.59 Å². The molecule has 1 heterocycles. The fourth-order valence-corrected chi connectivity index (χ4v) is 3.37. The summed E-state index contributed by atoms with van der Waals surface area (Å²) in [5.41, 5.74) is -0.155. The van der Waals surface area contributed by atoms with Crippen molar-refractivity contribution in [3.05, 3.63) is 29.8 Å². The second-order valence-electron chi connectivity index (χ2n) is 6.27. The van der Waals surface area contributed by atoms with Gasteiger partial charge in [-0.2, -0.15) is 0 Å². The Morgan fingerprint density at radius 2 is 1.95 bits per heavy atom. The summed E-state index contributed by atoms with van der Waals surface area (Å²) in [4.78, 5) is 24.2. The molecule has 0 aromatic heterocycles. The molecule has 2 aliphatic rings. The minimum atomic E-state index is -1.68. The summed E-state index contributed by atoms with van der Waals surface area (Å²) in [6.45, 7) is 0.325. The molecule has 22 heavy (non-hydrogen) atoms. The van der Waals surface area contributed by atoms with Crippen LogP contribution in [0.4, 0.5) is 5.69 Å². The Labute approximate surface area is 129 Å². The lowest BCUT2D eigenvalue weighted by Crippen LogP contribution is -2.53. The highest BCUT2D eigenvalue weighted by molar-refractivity contribution is 6.09. The number of anilines is 1. The second-order valence-corrected chi connectivity index (χ2v) is 6.27. The molecule has 0 amide bonds. The number of esters is 1. The third kappa shape index (κ3) is 2.67. The SMILES string of the molecule is O=C(O)[C@@]1(C(=O)OCC2CCCCC2)Cc2ccccc2N1. The predicted molar refractivity (Wildman–Crippen MR) is 81.7 cm³/mol. The molecule has 5 nitrogen and oxygen atoms in total. The molecule has 0 bridgehead atoms. The molecule has 1 aromatic rings. The van der Waals surface area contributed by atoms with E-state index in [0.29, 0.717) is 18.2 Å². The van der Waals surface area contributed by atoms with Crippen LogP contribution in [0.25, 0.3) is 0 Å². The number of fused-ring (bicyclic) bond motifs is 1. The molecule has 118 valence electrons. The summed E-state index contributed by atoms with van der Waals surface area (Å²) >= 11 is 0.